The summed E-state index contributed by atoms with van der Waals surface area (Å²) in [6.07, 6.45) is 11.7. The number of nitrogens with zero attached hydrogens (tertiary/aromatic N) is 1. The number of piperidine rings is 1. The summed E-state index contributed by atoms with van der Waals surface area (Å²) < 4.78 is 0. The SMILES string of the molecule is Cc1ccccc1CCC1=CC=C(c2cccc(Cc3cccc(CN4CCC(C)CC4)c3)c2)C1. The minimum atomic E-state index is 0.888. The van der Waals surface area contributed by atoms with E-state index in [4.69, 9.17) is 0 Å². The van der Waals surface area contributed by atoms with Crippen molar-refractivity contribution in [2.24, 2.45) is 5.92 Å². The molecule has 0 saturated carbocycles. The molecule has 2 aliphatic rings. The lowest BCUT2D eigenvalue weighted by Gasteiger charge is -2.30. The zero-order valence-corrected chi connectivity index (χ0v) is 21.5. The molecule has 0 bridgehead atoms. The van der Waals surface area contributed by atoms with Crippen LogP contribution < -0.4 is 0 Å². The van der Waals surface area contributed by atoms with Crippen molar-refractivity contribution in [2.75, 3.05) is 13.1 Å². The average Bonchev–Trinajstić information content (AvgIpc) is 3.35. The van der Waals surface area contributed by atoms with Gasteiger partial charge in [0.25, 0.3) is 0 Å². The Balaban J connectivity index is 1.17. The molecule has 1 heteroatoms. The Morgan fingerprint density at radius 2 is 1.51 bits per heavy atom. The van der Waals surface area contributed by atoms with Gasteiger partial charge < -0.3 is 0 Å². The van der Waals surface area contributed by atoms with Gasteiger partial charge in [0.05, 0.1) is 0 Å². The van der Waals surface area contributed by atoms with Crippen LogP contribution in [0.3, 0.4) is 0 Å². The molecule has 0 amide bonds. The Kier molecular flexibility index (Phi) is 7.64. The zero-order chi connectivity index (χ0) is 24.0. The highest BCUT2D eigenvalue weighted by molar-refractivity contribution is 5.72. The van der Waals surface area contributed by atoms with Gasteiger partial charge in [-0.1, -0.05) is 97.4 Å². The van der Waals surface area contributed by atoms with Crippen molar-refractivity contribution < 1.29 is 0 Å². The summed E-state index contributed by atoms with van der Waals surface area (Å²) in [6, 6.07) is 27.2. The molecule has 180 valence electrons. The van der Waals surface area contributed by atoms with E-state index < -0.39 is 0 Å². The van der Waals surface area contributed by atoms with Crippen molar-refractivity contribution in [1.82, 2.24) is 4.90 Å². The highest BCUT2D eigenvalue weighted by Crippen LogP contribution is 2.31. The van der Waals surface area contributed by atoms with Crippen molar-refractivity contribution in [2.45, 2.75) is 58.9 Å². The van der Waals surface area contributed by atoms with E-state index in [0.29, 0.717) is 0 Å². The second-order valence-corrected chi connectivity index (χ2v) is 10.8. The van der Waals surface area contributed by atoms with Crippen molar-refractivity contribution in [1.29, 1.82) is 0 Å². The molecule has 1 saturated heterocycles. The fraction of sp³-hybridized carbons (Fsp3) is 0.353. The second kappa shape index (κ2) is 11.2. The second-order valence-electron chi connectivity index (χ2n) is 10.8. The van der Waals surface area contributed by atoms with E-state index in [2.05, 4.69) is 104 Å². The molecule has 0 spiro atoms. The van der Waals surface area contributed by atoms with E-state index in [9.17, 15) is 0 Å². The number of hydrogen-bond acceptors (Lipinski definition) is 1. The smallest absolute Gasteiger partial charge is 0.0233 e. The molecule has 1 heterocycles. The number of benzene rings is 3. The molecule has 5 rings (SSSR count). The average molecular weight is 462 g/mol. The van der Waals surface area contributed by atoms with Gasteiger partial charge >= 0.3 is 0 Å². The third-order valence-corrected chi connectivity index (χ3v) is 7.89. The number of allylic oxidation sites excluding steroid dienone is 4. The van der Waals surface area contributed by atoms with Gasteiger partial charge in [-0.05, 0) is 103 Å². The quantitative estimate of drug-likeness (QED) is 0.327. The van der Waals surface area contributed by atoms with E-state index >= 15 is 0 Å². The first-order chi connectivity index (χ1) is 17.1. The van der Waals surface area contributed by atoms with Gasteiger partial charge in [0.1, 0.15) is 0 Å². The van der Waals surface area contributed by atoms with Gasteiger partial charge in [0.2, 0.25) is 0 Å². The summed E-state index contributed by atoms with van der Waals surface area (Å²) in [5.41, 5.74) is 11.5. The zero-order valence-electron chi connectivity index (χ0n) is 21.5. The molecule has 3 aromatic rings. The normalized spacial score (nSPS) is 16.9. The fourth-order valence-electron chi connectivity index (χ4n) is 5.57. The third kappa shape index (κ3) is 6.41. The first-order valence-corrected chi connectivity index (χ1v) is 13.4. The Bertz CT molecular complexity index is 1210. The number of aryl methyl sites for hydroxylation is 2. The highest BCUT2D eigenvalue weighted by Gasteiger charge is 2.16. The minimum absolute atomic E-state index is 0.888. The molecule has 0 N–H and O–H groups in total. The molecule has 0 aromatic heterocycles. The number of hydrogen-bond donors (Lipinski definition) is 0. The predicted molar refractivity (Wildman–Crippen MR) is 150 cm³/mol. The van der Waals surface area contributed by atoms with E-state index in [-0.39, 0.29) is 0 Å². The van der Waals surface area contributed by atoms with Crippen LogP contribution in [0, 0.1) is 12.8 Å². The van der Waals surface area contributed by atoms with Crippen molar-refractivity contribution >= 4 is 5.57 Å². The Morgan fingerprint density at radius 1 is 0.771 bits per heavy atom. The predicted octanol–water partition coefficient (Wildman–Crippen LogP) is 8.16. The van der Waals surface area contributed by atoms with Gasteiger partial charge in [0, 0.05) is 6.54 Å². The van der Waals surface area contributed by atoms with Crippen LogP contribution in [0.25, 0.3) is 5.57 Å². The van der Waals surface area contributed by atoms with Crippen LogP contribution in [0.15, 0.2) is 90.5 Å². The molecule has 1 aliphatic carbocycles. The first-order valence-electron chi connectivity index (χ1n) is 13.4. The standard InChI is InChI=1S/C34H39N/c1-26-17-19-35(20-18-26)25-31-10-5-8-29(22-31)21-30-9-6-12-33(24-30)34-16-14-28(23-34)13-15-32-11-4-3-7-27(32)2/h3-12,14,16,22,24,26H,13,15,17-21,23,25H2,1-2H3. The number of likely N-dealkylation sites (tertiary alicyclic amines) is 1. The van der Waals surface area contributed by atoms with Crippen LogP contribution in [-0.2, 0) is 19.4 Å². The third-order valence-electron chi connectivity index (χ3n) is 7.89. The molecule has 1 fully saturated rings. The van der Waals surface area contributed by atoms with Crippen molar-refractivity contribution in [3.05, 3.63) is 124 Å². The molecular formula is C34H39N. The lowest BCUT2D eigenvalue weighted by molar-refractivity contribution is 0.185. The molecular weight excluding hydrogens is 422 g/mol. The van der Waals surface area contributed by atoms with Gasteiger partial charge in [0.15, 0.2) is 0 Å². The van der Waals surface area contributed by atoms with E-state index in [0.717, 1.165) is 38.1 Å². The largest absolute Gasteiger partial charge is 0.299 e. The summed E-state index contributed by atoms with van der Waals surface area (Å²) in [6.45, 7) is 8.17. The van der Waals surface area contributed by atoms with Crippen LogP contribution in [0.4, 0.5) is 0 Å². The molecule has 0 unspecified atom stereocenters. The minimum Gasteiger partial charge on any atom is -0.299 e. The molecule has 3 aromatic carbocycles. The van der Waals surface area contributed by atoms with Gasteiger partial charge in [-0.25, -0.2) is 0 Å². The van der Waals surface area contributed by atoms with Crippen LogP contribution in [0.5, 0.6) is 0 Å². The molecule has 1 aliphatic heterocycles. The van der Waals surface area contributed by atoms with E-state index in [1.54, 1.807) is 5.57 Å². The first kappa shape index (κ1) is 23.8. The summed E-state index contributed by atoms with van der Waals surface area (Å²) >= 11 is 0. The van der Waals surface area contributed by atoms with E-state index in [1.807, 2.05) is 0 Å². The van der Waals surface area contributed by atoms with Crippen molar-refractivity contribution in [3.8, 4) is 0 Å². The van der Waals surface area contributed by atoms with Gasteiger partial charge in [-0.15, -0.1) is 0 Å². The maximum atomic E-state index is 2.62. The summed E-state index contributed by atoms with van der Waals surface area (Å²) in [7, 11) is 0. The van der Waals surface area contributed by atoms with Crippen LogP contribution in [0.2, 0.25) is 0 Å². The van der Waals surface area contributed by atoms with E-state index in [1.165, 1.54) is 64.9 Å². The van der Waals surface area contributed by atoms with Gasteiger partial charge in [-0.2, -0.15) is 0 Å². The highest BCUT2D eigenvalue weighted by atomic mass is 15.1. The topological polar surface area (TPSA) is 3.24 Å². The van der Waals surface area contributed by atoms with Crippen LogP contribution in [0.1, 0.15) is 66.0 Å². The Hall–Kier alpha value is -2.90. The summed E-state index contributed by atoms with van der Waals surface area (Å²) in [4.78, 5) is 2.62. The summed E-state index contributed by atoms with van der Waals surface area (Å²) in [5, 5.41) is 0. The maximum Gasteiger partial charge on any atom is 0.0233 e. The molecule has 0 atom stereocenters. The monoisotopic (exact) mass is 461 g/mol. The fourth-order valence-corrected chi connectivity index (χ4v) is 5.57. The van der Waals surface area contributed by atoms with Crippen LogP contribution >= 0.6 is 0 Å². The van der Waals surface area contributed by atoms with Crippen molar-refractivity contribution in [3.63, 3.8) is 0 Å². The number of rotatable bonds is 8. The summed E-state index contributed by atoms with van der Waals surface area (Å²) in [5.74, 6) is 0.888. The Morgan fingerprint density at radius 3 is 2.34 bits per heavy atom. The molecule has 0 radical (unpaired) electrons. The molecule has 1 nitrogen and oxygen atoms in total. The molecule has 35 heavy (non-hydrogen) atoms. The lowest BCUT2D eigenvalue weighted by Crippen LogP contribution is -2.32. The maximum absolute atomic E-state index is 2.62. The van der Waals surface area contributed by atoms with Gasteiger partial charge in [-0.3, -0.25) is 4.90 Å². The lowest BCUT2D eigenvalue weighted by atomic mass is 9.95. The van der Waals surface area contributed by atoms with Crippen LogP contribution in [-0.4, -0.2) is 18.0 Å². The Labute approximate surface area is 212 Å².